The SMILES string of the molecule is CCOC(=O)CC(=O)CC(O)/C=C/c1c(C(C)C)cc(OC)c(OCCO)c1-c1ccc(F)cc1. The van der Waals surface area contributed by atoms with Gasteiger partial charge in [-0.3, -0.25) is 9.59 Å². The van der Waals surface area contributed by atoms with E-state index in [4.69, 9.17) is 14.2 Å². The average molecular weight is 489 g/mol. The summed E-state index contributed by atoms with van der Waals surface area (Å²) >= 11 is 0. The van der Waals surface area contributed by atoms with Crippen LogP contribution in [0.4, 0.5) is 4.39 Å². The largest absolute Gasteiger partial charge is 0.493 e. The van der Waals surface area contributed by atoms with Crippen molar-refractivity contribution in [3.63, 3.8) is 0 Å². The molecule has 0 saturated heterocycles. The number of ether oxygens (including phenoxy) is 3. The van der Waals surface area contributed by atoms with E-state index in [2.05, 4.69) is 0 Å². The van der Waals surface area contributed by atoms with Crippen molar-refractivity contribution < 1.29 is 38.4 Å². The van der Waals surface area contributed by atoms with Crippen LogP contribution in [0, 0.1) is 5.82 Å². The molecule has 2 aromatic rings. The fourth-order valence-corrected chi connectivity index (χ4v) is 3.63. The number of carbonyl (C=O) groups excluding carboxylic acids is 2. The van der Waals surface area contributed by atoms with Crippen molar-refractivity contribution in [3.05, 3.63) is 53.4 Å². The van der Waals surface area contributed by atoms with E-state index in [1.165, 1.54) is 25.3 Å². The van der Waals surface area contributed by atoms with Gasteiger partial charge >= 0.3 is 5.97 Å². The van der Waals surface area contributed by atoms with Crippen LogP contribution >= 0.6 is 0 Å². The van der Waals surface area contributed by atoms with Gasteiger partial charge in [0.25, 0.3) is 0 Å². The van der Waals surface area contributed by atoms with Gasteiger partial charge in [0, 0.05) is 12.0 Å². The van der Waals surface area contributed by atoms with Crippen molar-refractivity contribution in [1.29, 1.82) is 0 Å². The lowest BCUT2D eigenvalue weighted by Crippen LogP contribution is -2.16. The molecule has 0 aromatic heterocycles. The second-order valence-electron chi connectivity index (χ2n) is 8.17. The topological polar surface area (TPSA) is 102 Å². The van der Waals surface area contributed by atoms with E-state index in [0.29, 0.717) is 28.2 Å². The Bertz CT molecular complexity index is 1030. The monoisotopic (exact) mass is 488 g/mol. The molecule has 0 aliphatic rings. The van der Waals surface area contributed by atoms with Gasteiger partial charge in [-0.2, -0.15) is 0 Å². The molecule has 2 N–H and O–H groups in total. The Morgan fingerprint density at radius 2 is 1.86 bits per heavy atom. The Labute approximate surface area is 205 Å². The van der Waals surface area contributed by atoms with Gasteiger partial charge in [0.05, 0.1) is 26.4 Å². The molecule has 0 bridgehead atoms. The fourth-order valence-electron chi connectivity index (χ4n) is 3.63. The molecule has 0 spiro atoms. The summed E-state index contributed by atoms with van der Waals surface area (Å²) in [7, 11) is 1.51. The summed E-state index contributed by atoms with van der Waals surface area (Å²) in [4.78, 5) is 23.6. The normalized spacial score (nSPS) is 12.1. The average Bonchev–Trinajstić information content (AvgIpc) is 2.81. The summed E-state index contributed by atoms with van der Waals surface area (Å²) in [6, 6.07) is 7.70. The predicted molar refractivity (Wildman–Crippen MR) is 131 cm³/mol. The second-order valence-corrected chi connectivity index (χ2v) is 8.17. The molecule has 0 aliphatic heterocycles. The van der Waals surface area contributed by atoms with Crippen LogP contribution in [0.25, 0.3) is 17.2 Å². The van der Waals surface area contributed by atoms with Crippen molar-refractivity contribution in [2.75, 3.05) is 26.9 Å². The highest BCUT2D eigenvalue weighted by molar-refractivity contribution is 5.96. The van der Waals surface area contributed by atoms with Crippen LogP contribution in [0.3, 0.4) is 0 Å². The predicted octanol–water partition coefficient (Wildman–Crippen LogP) is 4.28. The number of carbonyl (C=O) groups is 2. The standard InChI is InChI=1S/C27H33FO7/c1-5-34-25(32)15-21(31)14-20(30)10-11-22-23(17(2)3)16-24(33-4)27(35-13-12-29)26(22)18-6-8-19(28)9-7-18/h6-11,16-17,20,29-30H,5,12-15H2,1-4H3/b11-10+. The highest BCUT2D eigenvalue weighted by atomic mass is 19.1. The number of hydrogen-bond donors (Lipinski definition) is 2. The van der Waals surface area contributed by atoms with Crippen molar-refractivity contribution in [1.82, 2.24) is 0 Å². The first kappa shape index (κ1) is 28.0. The number of hydrogen-bond acceptors (Lipinski definition) is 7. The highest BCUT2D eigenvalue weighted by Gasteiger charge is 2.22. The number of ketones is 1. The summed E-state index contributed by atoms with van der Waals surface area (Å²) in [5.74, 6) is -0.613. The number of esters is 1. The molecule has 1 atom stereocenters. The number of Topliss-reactive ketones (excluding diaryl/α,β-unsaturated/α-hetero) is 1. The Hall–Kier alpha value is -3.23. The third-order valence-electron chi connectivity index (χ3n) is 5.20. The minimum Gasteiger partial charge on any atom is -0.493 e. The van der Waals surface area contributed by atoms with Crippen LogP contribution < -0.4 is 9.47 Å². The van der Waals surface area contributed by atoms with Gasteiger partial charge < -0.3 is 24.4 Å². The lowest BCUT2D eigenvalue weighted by atomic mass is 9.88. The van der Waals surface area contributed by atoms with Gasteiger partial charge in [0.2, 0.25) is 0 Å². The van der Waals surface area contributed by atoms with E-state index >= 15 is 0 Å². The van der Waals surface area contributed by atoms with E-state index in [1.807, 2.05) is 19.9 Å². The third kappa shape index (κ3) is 7.90. The molecule has 0 radical (unpaired) electrons. The number of aliphatic hydroxyl groups excluding tert-OH is 2. The highest BCUT2D eigenvalue weighted by Crippen LogP contribution is 2.45. The van der Waals surface area contributed by atoms with E-state index in [9.17, 15) is 24.2 Å². The number of rotatable bonds is 13. The van der Waals surface area contributed by atoms with Crippen LogP contribution in [0.1, 0.15) is 50.7 Å². The third-order valence-corrected chi connectivity index (χ3v) is 5.20. The van der Waals surface area contributed by atoms with Crippen LogP contribution in [0.5, 0.6) is 11.5 Å². The molecule has 0 heterocycles. The number of benzene rings is 2. The molecule has 2 aromatic carbocycles. The van der Waals surface area contributed by atoms with Crippen molar-refractivity contribution in [2.24, 2.45) is 0 Å². The molecule has 0 amide bonds. The van der Waals surface area contributed by atoms with Crippen LogP contribution in [0.15, 0.2) is 36.4 Å². The summed E-state index contributed by atoms with van der Waals surface area (Å²) in [5.41, 5.74) is 2.81. The van der Waals surface area contributed by atoms with E-state index in [1.54, 1.807) is 25.1 Å². The van der Waals surface area contributed by atoms with E-state index in [0.717, 1.165) is 5.56 Å². The zero-order chi connectivity index (χ0) is 26.0. The first-order valence-corrected chi connectivity index (χ1v) is 11.5. The first-order valence-electron chi connectivity index (χ1n) is 11.5. The Morgan fingerprint density at radius 3 is 2.43 bits per heavy atom. The molecule has 7 nitrogen and oxygen atoms in total. The number of aliphatic hydroxyl groups is 2. The molecule has 35 heavy (non-hydrogen) atoms. The molecule has 0 aliphatic carbocycles. The molecule has 2 rings (SSSR count). The first-order chi connectivity index (χ1) is 16.7. The van der Waals surface area contributed by atoms with Gasteiger partial charge in [0.15, 0.2) is 11.5 Å². The molecule has 0 saturated carbocycles. The van der Waals surface area contributed by atoms with E-state index < -0.39 is 30.1 Å². The minimum absolute atomic E-state index is 0.0136. The number of halogens is 1. The van der Waals surface area contributed by atoms with Gasteiger partial charge in [-0.25, -0.2) is 4.39 Å². The zero-order valence-corrected chi connectivity index (χ0v) is 20.5. The van der Waals surface area contributed by atoms with E-state index in [-0.39, 0.29) is 32.2 Å². The quantitative estimate of drug-likeness (QED) is 0.320. The zero-order valence-electron chi connectivity index (χ0n) is 20.5. The number of methoxy groups -OCH3 is 1. The minimum atomic E-state index is -1.14. The van der Waals surface area contributed by atoms with Gasteiger partial charge in [-0.05, 0) is 47.7 Å². The van der Waals surface area contributed by atoms with Crippen LogP contribution in [0.2, 0.25) is 0 Å². The summed E-state index contributed by atoms with van der Waals surface area (Å²) in [6.45, 7) is 5.61. The summed E-state index contributed by atoms with van der Waals surface area (Å²) in [6.07, 6.45) is 1.36. The van der Waals surface area contributed by atoms with Crippen molar-refractivity contribution in [3.8, 4) is 22.6 Å². The molecule has 0 fully saturated rings. The Morgan fingerprint density at radius 1 is 1.17 bits per heavy atom. The fraction of sp³-hybridized carbons (Fsp3) is 0.407. The molecular weight excluding hydrogens is 455 g/mol. The molecule has 1 unspecified atom stereocenters. The van der Waals surface area contributed by atoms with Gasteiger partial charge in [0.1, 0.15) is 24.6 Å². The summed E-state index contributed by atoms with van der Waals surface area (Å²) in [5, 5.41) is 19.8. The van der Waals surface area contributed by atoms with Gasteiger partial charge in [-0.1, -0.05) is 38.1 Å². The smallest absolute Gasteiger partial charge is 0.313 e. The summed E-state index contributed by atoms with van der Waals surface area (Å²) < 4.78 is 29.9. The van der Waals surface area contributed by atoms with Crippen molar-refractivity contribution in [2.45, 2.75) is 45.6 Å². The maximum Gasteiger partial charge on any atom is 0.313 e. The van der Waals surface area contributed by atoms with Crippen LogP contribution in [-0.4, -0.2) is 55.0 Å². The molecular formula is C27H33FO7. The van der Waals surface area contributed by atoms with Gasteiger partial charge in [-0.15, -0.1) is 0 Å². The molecule has 8 heteroatoms. The second kappa shape index (κ2) is 13.6. The van der Waals surface area contributed by atoms with Crippen LogP contribution in [-0.2, 0) is 14.3 Å². The Balaban J connectivity index is 2.55. The Kier molecular flexibility index (Phi) is 10.9. The maximum atomic E-state index is 13.7. The van der Waals surface area contributed by atoms with Crippen molar-refractivity contribution >= 4 is 17.8 Å². The lowest BCUT2D eigenvalue weighted by molar-refractivity contribution is -0.145. The lowest BCUT2D eigenvalue weighted by Gasteiger charge is -2.22. The molecule has 190 valence electrons. The maximum absolute atomic E-state index is 13.7.